The summed E-state index contributed by atoms with van der Waals surface area (Å²) >= 11 is 7.18. The predicted molar refractivity (Wildman–Crippen MR) is 71.1 cm³/mol. The van der Waals surface area contributed by atoms with Gasteiger partial charge in [0.2, 0.25) is 0 Å². The monoisotopic (exact) mass is 290 g/mol. The molecule has 0 aliphatic rings. The normalized spacial score (nSPS) is 13.7. The Morgan fingerprint density at radius 1 is 1.44 bits per heavy atom. The summed E-state index contributed by atoms with van der Waals surface area (Å²) in [6, 6.07) is 2.00. The quantitative estimate of drug-likeness (QED) is 0.780. The van der Waals surface area contributed by atoms with Crippen molar-refractivity contribution in [2.75, 3.05) is 0 Å². The van der Waals surface area contributed by atoms with Gasteiger partial charge in [0.15, 0.2) is 0 Å². The number of carbonyl (C=O) groups excluding carboxylic acids is 1. The highest BCUT2D eigenvalue weighted by Crippen LogP contribution is 2.26. The Bertz CT molecular complexity index is 436. The molecule has 1 rings (SSSR count). The highest BCUT2D eigenvalue weighted by atomic mass is 35.5. The summed E-state index contributed by atoms with van der Waals surface area (Å²) in [6.45, 7) is 3.50. The Morgan fingerprint density at radius 2 is 2.11 bits per heavy atom. The Morgan fingerprint density at radius 3 is 2.56 bits per heavy atom. The van der Waals surface area contributed by atoms with Gasteiger partial charge in [-0.05, 0) is 25.5 Å². The van der Waals surface area contributed by atoms with Gasteiger partial charge >= 0.3 is 12.0 Å². The van der Waals surface area contributed by atoms with E-state index in [-0.39, 0.29) is 6.04 Å². The number of hydrogen-bond acceptors (Lipinski definition) is 3. The molecule has 1 heterocycles. The van der Waals surface area contributed by atoms with Crippen LogP contribution in [0.2, 0.25) is 4.34 Å². The SMILES string of the molecule is CC[C@H](NC(=O)NC(C)c1ccc(Cl)s1)C(=O)O. The maximum absolute atomic E-state index is 11.6. The van der Waals surface area contributed by atoms with Crippen LogP contribution < -0.4 is 10.6 Å². The van der Waals surface area contributed by atoms with Crippen molar-refractivity contribution in [3.05, 3.63) is 21.3 Å². The van der Waals surface area contributed by atoms with Crippen molar-refractivity contribution in [3.8, 4) is 0 Å². The zero-order valence-corrected chi connectivity index (χ0v) is 11.6. The number of halogens is 1. The molecule has 0 aliphatic heterocycles. The van der Waals surface area contributed by atoms with Gasteiger partial charge in [-0.25, -0.2) is 9.59 Å². The molecule has 5 nitrogen and oxygen atoms in total. The molecule has 0 saturated carbocycles. The maximum Gasteiger partial charge on any atom is 0.326 e. The smallest absolute Gasteiger partial charge is 0.326 e. The first-order valence-corrected chi connectivity index (χ1v) is 6.68. The summed E-state index contributed by atoms with van der Waals surface area (Å²) in [5.74, 6) is -1.04. The van der Waals surface area contributed by atoms with Crippen molar-refractivity contribution in [2.24, 2.45) is 0 Å². The number of nitrogens with one attached hydrogen (secondary N) is 2. The van der Waals surface area contributed by atoms with Gasteiger partial charge in [-0.1, -0.05) is 18.5 Å². The van der Waals surface area contributed by atoms with Crippen LogP contribution in [0.4, 0.5) is 4.79 Å². The van der Waals surface area contributed by atoms with Crippen LogP contribution >= 0.6 is 22.9 Å². The largest absolute Gasteiger partial charge is 0.480 e. The fourth-order valence-corrected chi connectivity index (χ4v) is 2.43. The zero-order chi connectivity index (χ0) is 13.7. The predicted octanol–water partition coefficient (Wildman–Crippen LogP) is 2.62. The molecule has 2 amide bonds. The van der Waals surface area contributed by atoms with Crippen LogP contribution in [-0.2, 0) is 4.79 Å². The maximum atomic E-state index is 11.6. The molecule has 2 atom stereocenters. The number of rotatable bonds is 5. The van der Waals surface area contributed by atoms with E-state index >= 15 is 0 Å². The summed E-state index contributed by atoms with van der Waals surface area (Å²) in [4.78, 5) is 23.3. The van der Waals surface area contributed by atoms with Crippen LogP contribution in [0.5, 0.6) is 0 Å². The topological polar surface area (TPSA) is 78.4 Å². The molecule has 0 aliphatic carbocycles. The number of carbonyl (C=O) groups is 2. The molecule has 100 valence electrons. The molecule has 18 heavy (non-hydrogen) atoms. The average molecular weight is 291 g/mol. The van der Waals surface area contributed by atoms with Gasteiger partial charge in [0.05, 0.1) is 10.4 Å². The number of aliphatic carboxylic acids is 1. The second kappa shape index (κ2) is 6.61. The number of hydrogen-bond donors (Lipinski definition) is 3. The molecule has 0 radical (unpaired) electrons. The molecule has 1 unspecified atom stereocenters. The van der Waals surface area contributed by atoms with Gasteiger partial charge in [0, 0.05) is 4.88 Å². The zero-order valence-electron chi connectivity index (χ0n) is 10.1. The molecule has 3 N–H and O–H groups in total. The third-order valence-corrected chi connectivity index (χ3v) is 3.79. The first-order valence-electron chi connectivity index (χ1n) is 5.49. The molecular weight excluding hydrogens is 276 g/mol. The first kappa shape index (κ1) is 14.8. The second-order valence-corrected chi connectivity index (χ2v) is 5.53. The summed E-state index contributed by atoms with van der Waals surface area (Å²) in [5, 5.41) is 13.9. The van der Waals surface area contributed by atoms with Crippen LogP contribution in [0.1, 0.15) is 31.2 Å². The standard InChI is InChI=1S/C11H15ClN2O3S/c1-3-7(10(15)16)14-11(17)13-6(2)8-4-5-9(12)18-8/h4-7H,3H2,1-2H3,(H,15,16)(H2,13,14,17)/t6?,7-/m0/s1. The van der Waals surface area contributed by atoms with Crippen molar-refractivity contribution in [3.63, 3.8) is 0 Å². The van der Waals surface area contributed by atoms with Crippen LogP contribution in [0, 0.1) is 0 Å². The minimum absolute atomic E-state index is 0.214. The first-order chi connectivity index (χ1) is 8.43. The third-order valence-electron chi connectivity index (χ3n) is 2.38. The fourth-order valence-electron chi connectivity index (χ4n) is 1.37. The van der Waals surface area contributed by atoms with Gasteiger partial charge < -0.3 is 15.7 Å². The van der Waals surface area contributed by atoms with E-state index in [1.54, 1.807) is 13.0 Å². The number of amides is 2. The number of thiophene rings is 1. The van der Waals surface area contributed by atoms with E-state index < -0.39 is 18.0 Å². The van der Waals surface area contributed by atoms with Gasteiger partial charge in [-0.2, -0.15) is 0 Å². The van der Waals surface area contributed by atoms with E-state index in [2.05, 4.69) is 10.6 Å². The van der Waals surface area contributed by atoms with Crippen molar-refractivity contribution in [2.45, 2.75) is 32.4 Å². The van der Waals surface area contributed by atoms with Crippen molar-refractivity contribution >= 4 is 34.9 Å². The van der Waals surface area contributed by atoms with Crippen LogP contribution in [0.3, 0.4) is 0 Å². The van der Waals surface area contributed by atoms with E-state index in [4.69, 9.17) is 16.7 Å². The lowest BCUT2D eigenvalue weighted by Crippen LogP contribution is -2.46. The van der Waals surface area contributed by atoms with Crippen LogP contribution in [-0.4, -0.2) is 23.1 Å². The Kier molecular flexibility index (Phi) is 5.43. The van der Waals surface area contributed by atoms with E-state index in [1.165, 1.54) is 11.3 Å². The van der Waals surface area contributed by atoms with E-state index in [0.29, 0.717) is 10.8 Å². The highest BCUT2D eigenvalue weighted by molar-refractivity contribution is 7.16. The second-order valence-electron chi connectivity index (χ2n) is 3.78. The van der Waals surface area contributed by atoms with Gasteiger partial charge in [-0.3, -0.25) is 0 Å². The molecular formula is C11H15ClN2O3S. The van der Waals surface area contributed by atoms with E-state index in [1.807, 2.05) is 13.0 Å². The molecule has 0 fully saturated rings. The van der Waals surface area contributed by atoms with Crippen LogP contribution in [0.15, 0.2) is 12.1 Å². The molecule has 1 aromatic rings. The minimum Gasteiger partial charge on any atom is -0.480 e. The summed E-state index contributed by atoms with van der Waals surface area (Å²) in [6.07, 6.45) is 0.335. The van der Waals surface area contributed by atoms with E-state index in [0.717, 1.165) is 4.88 Å². The highest BCUT2D eigenvalue weighted by Gasteiger charge is 2.19. The summed E-state index contributed by atoms with van der Waals surface area (Å²) in [7, 11) is 0. The minimum atomic E-state index is -1.04. The van der Waals surface area contributed by atoms with Gasteiger partial charge in [-0.15, -0.1) is 11.3 Å². The fraction of sp³-hybridized carbons (Fsp3) is 0.455. The number of carboxylic acid groups (broad SMARTS) is 1. The molecule has 0 bridgehead atoms. The lowest BCUT2D eigenvalue weighted by atomic mass is 10.2. The number of carboxylic acids is 1. The lowest BCUT2D eigenvalue weighted by Gasteiger charge is -2.16. The molecule has 0 spiro atoms. The third kappa shape index (κ3) is 4.19. The Balaban J connectivity index is 2.52. The van der Waals surface area contributed by atoms with Gasteiger partial charge in [0.25, 0.3) is 0 Å². The Hall–Kier alpha value is -1.27. The summed E-state index contributed by atoms with van der Waals surface area (Å²) in [5.41, 5.74) is 0. The Labute approximate surface area is 114 Å². The van der Waals surface area contributed by atoms with Crippen molar-refractivity contribution in [1.29, 1.82) is 0 Å². The van der Waals surface area contributed by atoms with Crippen LogP contribution in [0.25, 0.3) is 0 Å². The molecule has 0 aromatic carbocycles. The number of urea groups is 1. The molecule has 7 heteroatoms. The molecule has 1 aromatic heterocycles. The summed E-state index contributed by atoms with van der Waals surface area (Å²) < 4.78 is 0.649. The van der Waals surface area contributed by atoms with Crippen molar-refractivity contribution < 1.29 is 14.7 Å². The van der Waals surface area contributed by atoms with E-state index in [9.17, 15) is 9.59 Å². The molecule has 0 saturated heterocycles. The average Bonchev–Trinajstić information content (AvgIpc) is 2.72. The van der Waals surface area contributed by atoms with Crippen molar-refractivity contribution in [1.82, 2.24) is 10.6 Å². The van der Waals surface area contributed by atoms with Gasteiger partial charge in [0.1, 0.15) is 6.04 Å². The lowest BCUT2D eigenvalue weighted by molar-refractivity contribution is -0.139.